The molecule has 1 aromatic rings. The average Bonchev–Trinajstić information content (AvgIpc) is 2.84. The number of nitrogens with two attached hydrogens (primary N) is 1. The number of aliphatic hydroxyl groups is 1. The molecule has 1 aromatic heterocycles. The number of thiophene rings is 1. The van der Waals surface area contributed by atoms with Gasteiger partial charge in [0.2, 0.25) is 0 Å². The predicted octanol–water partition coefficient (Wildman–Crippen LogP) is 1.22. The van der Waals surface area contributed by atoms with Gasteiger partial charge in [-0.3, -0.25) is 4.90 Å². The van der Waals surface area contributed by atoms with Crippen molar-refractivity contribution in [3.63, 3.8) is 0 Å². The highest BCUT2D eigenvalue weighted by Crippen LogP contribution is 2.27. The summed E-state index contributed by atoms with van der Waals surface area (Å²) in [7, 11) is 2.03. The molecule has 0 saturated carbocycles. The van der Waals surface area contributed by atoms with Gasteiger partial charge in [-0.2, -0.15) is 0 Å². The van der Waals surface area contributed by atoms with Crippen LogP contribution < -0.4 is 5.73 Å². The summed E-state index contributed by atoms with van der Waals surface area (Å²) in [5, 5.41) is 12.6. The number of likely N-dealkylation sites (N-methyl/N-ethyl adjacent to an activating group) is 1. The van der Waals surface area contributed by atoms with Crippen LogP contribution in [0.5, 0.6) is 0 Å². The Morgan fingerprint density at radius 2 is 2.28 bits per heavy atom. The maximum Gasteiger partial charge on any atom is 0.0818 e. The van der Waals surface area contributed by atoms with Crippen LogP contribution in [-0.2, 0) is 4.74 Å². The van der Waals surface area contributed by atoms with Gasteiger partial charge in [-0.05, 0) is 18.5 Å². The molecule has 0 bridgehead atoms. The zero-order valence-electron chi connectivity index (χ0n) is 10.8. The molecule has 1 atom stereocenters. The Hall–Kier alpha value is -0.460. The molecule has 18 heavy (non-hydrogen) atoms. The second kappa shape index (κ2) is 6.12. The van der Waals surface area contributed by atoms with Crippen LogP contribution in [0.1, 0.15) is 23.8 Å². The number of nitrogens with zero attached hydrogens (tertiary/aromatic N) is 1. The van der Waals surface area contributed by atoms with E-state index in [2.05, 4.69) is 16.3 Å². The topological polar surface area (TPSA) is 58.7 Å². The standard InChI is InChI=1S/C13H22N2O2S/c1-15(10-13(16)4-6-17-7-5-13)11(9-14)12-3-2-8-18-12/h2-3,8,11,16H,4-7,9-10,14H2,1H3. The third-order valence-corrected chi connectivity index (χ3v) is 4.57. The molecule has 1 aliphatic heterocycles. The molecule has 0 radical (unpaired) electrons. The highest BCUT2D eigenvalue weighted by atomic mass is 32.1. The van der Waals surface area contributed by atoms with E-state index in [1.807, 2.05) is 13.1 Å². The van der Waals surface area contributed by atoms with Crippen LogP contribution in [0.25, 0.3) is 0 Å². The second-order valence-electron chi connectivity index (χ2n) is 5.02. The lowest BCUT2D eigenvalue weighted by atomic mass is 9.93. The Kier molecular flexibility index (Phi) is 4.75. The van der Waals surface area contributed by atoms with Crippen LogP contribution in [0.4, 0.5) is 0 Å². The fraction of sp³-hybridized carbons (Fsp3) is 0.692. The summed E-state index contributed by atoms with van der Waals surface area (Å²) in [6.07, 6.45) is 1.41. The summed E-state index contributed by atoms with van der Waals surface area (Å²) >= 11 is 1.72. The predicted molar refractivity (Wildman–Crippen MR) is 73.7 cm³/mol. The van der Waals surface area contributed by atoms with Crippen molar-refractivity contribution in [2.75, 3.05) is 33.4 Å². The normalized spacial score (nSPS) is 21.1. The van der Waals surface area contributed by atoms with Gasteiger partial charge in [-0.1, -0.05) is 6.07 Å². The summed E-state index contributed by atoms with van der Waals surface area (Å²) < 4.78 is 5.30. The van der Waals surface area contributed by atoms with E-state index < -0.39 is 5.60 Å². The third kappa shape index (κ3) is 3.30. The van der Waals surface area contributed by atoms with Gasteiger partial charge in [-0.25, -0.2) is 0 Å². The minimum atomic E-state index is -0.627. The van der Waals surface area contributed by atoms with Gasteiger partial charge in [0.15, 0.2) is 0 Å². The van der Waals surface area contributed by atoms with Gasteiger partial charge in [0.05, 0.1) is 11.6 Å². The first-order valence-electron chi connectivity index (χ1n) is 6.38. The van der Waals surface area contributed by atoms with Crippen LogP contribution in [0.2, 0.25) is 0 Å². The fourth-order valence-corrected chi connectivity index (χ4v) is 3.38. The molecule has 0 amide bonds. The molecular formula is C13H22N2O2S. The summed E-state index contributed by atoms with van der Waals surface area (Å²) in [6, 6.07) is 4.34. The lowest BCUT2D eigenvalue weighted by molar-refractivity contribution is -0.0811. The lowest BCUT2D eigenvalue weighted by Crippen LogP contribution is -2.47. The molecular weight excluding hydrogens is 248 g/mol. The van der Waals surface area contributed by atoms with E-state index in [1.54, 1.807) is 11.3 Å². The van der Waals surface area contributed by atoms with Crippen molar-refractivity contribution in [1.82, 2.24) is 4.90 Å². The molecule has 0 aromatic carbocycles. The minimum absolute atomic E-state index is 0.192. The van der Waals surface area contributed by atoms with E-state index in [9.17, 15) is 5.11 Å². The molecule has 3 N–H and O–H groups in total. The molecule has 2 heterocycles. The van der Waals surface area contributed by atoms with Gasteiger partial charge in [0.25, 0.3) is 0 Å². The molecule has 1 saturated heterocycles. The smallest absolute Gasteiger partial charge is 0.0818 e. The molecule has 2 rings (SSSR count). The molecule has 0 spiro atoms. The van der Waals surface area contributed by atoms with E-state index in [0.29, 0.717) is 39.1 Å². The maximum atomic E-state index is 10.5. The molecule has 1 fully saturated rings. The molecule has 102 valence electrons. The lowest BCUT2D eigenvalue weighted by Gasteiger charge is -2.38. The van der Waals surface area contributed by atoms with Crippen molar-refractivity contribution < 1.29 is 9.84 Å². The Labute approximate surface area is 112 Å². The zero-order valence-corrected chi connectivity index (χ0v) is 11.7. The molecule has 1 unspecified atom stereocenters. The van der Waals surface area contributed by atoms with Crippen LogP contribution in [0.3, 0.4) is 0 Å². The van der Waals surface area contributed by atoms with Gasteiger partial charge < -0.3 is 15.6 Å². The minimum Gasteiger partial charge on any atom is -0.388 e. The number of rotatable bonds is 5. The number of hydrogen-bond donors (Lipinski definition) is 2. The van der Waals surface area contributed by atoms with Crippen molar-refractivity contribution in [3.05, 3.63) is 22.4 Å². The second-order valence-corrected chi connectivity index (χ2v) is 6.00. The van der Waals surface area contributed by atoms with Crippen LogP contribution >= 0.6 is 11.3 Å². The number of ether oxygens (including phenoxy) is 1. The summed E-state index contributed by atoms with van der Waals surface area (Å²) in [5.41, 5.74) is 5.24. The quantitative estimate of drug-likeness (QED) is 0.844. The van der Waals surface area contributed by atoms with Crippen molar-refractivity contribution in [2.24, 2.45) is 5.73 Å². The van der Waals surface area contributed by atoms with Crippen molar-refractivity contribution in [1.29, 1.82) is 0 Å². The Balaban J connectivity index is 1.99. The van der Waals surface area contributed by atoms with Crippen LogP contribution in [0, 0.1) is 0 Å². The summed E-state index contributed by atoms with van der Waals surface area (Å²) in [5.74, 6) is 0. The first kappa shape index (κ1) is 14.0. The van der Waals surface area contributed by atoms with Gasteiger partial charge in [0.1, 0.15) is 0 Å². The monoisotopic (exact) mass is 270 g/mol. The van der Waals surface area contributed by atoms with E-state index >= 15 is 0 Å². The number of hydrogen-bond acceptors (Lipinski definition) is 5. The van der Waals surface area contributed by atoms with E-state index in [4.69, 9.17) is 10.5 Å². The highest BCUT2D eigenvalue weighted by molar-refractivity contribution is 7.10. The van der Waals surface area contributed by atoms with Crippen molar-refractivity contribution in [3.8, 4) is 0 Å². The highest BCUT2D eigenvalue weighted by Gasteiger charge is 2.33. The van der Waals surface area contributed by atoms with Crippen LogP contribution in [-0.4, -0.2) is 49.0 Å². The SMILES string of the molecule is CN(CC1(O)CCOCC1)C(CN)c1cccs1. The fourth-order valence-electron chi connectivity index (χ4n) is 2.48. The Morgan fingerprint density at radius 3 is 2.83 bits per heavy atom. The summed E-state index contributed by atoms with van der Waals surface area (Å²) in [6.45, 7) is 2.52. The summed E-state index contributed by atoms with van der Waals surface area (Å²) in [4.78, 5) is 3.42. The molecule has 5 heteroatoms. The molecule has 4 nitrogen and oxygen atoms in total. The maximum absolute atomic E-state index is 10.5. The third-order valence-electron chi connectivity index (χ3n) is 3.59. The van der Waals surface area contributed by atoms with E-state index in [1.165, 1.54) is 4.88 Å². The van der Waals surface area contributed by atoms with Crippen molar-refractivity contribution in [2.45, 2.75) is 24.5 Å². The zero-order chi connectivity index (χ0) is 13.0. The van der Waals surface area contributed by atoms with Gasteiger partial charge in [-0.15, -0.1) is 11.3 Å². The van der Waals surface area contributed by atoms with Gasteiger partial charge in [0, 0.05) is 44.0 Å². The van der Waals surface area contributed by atoms with Gasteiger partial charge >= 0.3 is 0 Å². The molecule has 1 aliphatic rings. The van der Waals surface area contributed by atoms with E-state index in [0.717, 1.165) is 0 Å². The van der Waals surface area contributed by atoms with Crippen LogP contribution in [0.15, 0.2) is 17.5 Å². The molecule has 0 aliphatic carbocycles. The Morgan fingerprint density at radius 1 is 1.56 bits per heavy atom. The average molecular weight is 270 g/mol. The first-order chi connectivity index (χ1) is 8.64. The first-order valence-corrected chi connectivity index (χ1v) is 7.26. The van der Waals surface area contributed by atoms with E-state index in [-0.39, 0.29) is 6.04 Å². The van der Waals surface area contributed by atoms with Crippen molar-refractivity contribution >= 4 is 11.3 Å². The Bertz CT molecular complexity index is 350. The largest absolute Gasteiger partial charge is 0.388 e.